The van der Waals surface area contributed by atoms with Gasteiger partial charge in [0.05, 0.1) is 17.1 Å². The zero-order chi connectivity index (χ0) is 14.2. The minimum atomic E-state index is 0.172. The molecule has 2 N–H and O–H groups in total. The third-order valence-electron chi connectivity index (χ3n) is 3.69. The van der Waals surface area contributed by atoms with Crippen LogP contribution in [0.25, 0.3) is 11.0 Å². The van der Waals surface area contributed by atoms with Crippen molar-refractivity contribution in [2.24, 2.45) is 5.10 Å². The highest BCUT2D eigenvalue weighted by Gasteiger charge is 2.23. The van der Waals surface area contributed by atoms with Gasteiger partial charge < -0.3 is 10.4 Å². The molecule has 0 aliphatic carbocycles. The van der Waals surface area contributed by atoms with Gasteiger partial charge in [0.25, 0.3) is 0 Å². The molecule has 2 heterocycles. The molecule has 4 rings (SSSR count). The van der Waals surface area contributed by atoms with Gasteiger partial charge in [-0.05, 0) is 29.8 Å². The van der Waals surface area contributed by atoms with Crippen LogP contribution < -0.4 is 5.43 Å². The molecule has 1 aromatic heterocycles. The summed E-state index contributed by atoms with van der Waals surface area (Å²) in [6, 6.07) is 16.0. The van der Waals surface area contributed by atoms with Gasteiger partial charge in [-0.25, -0.2) is 4.98 Å². The third kappa shape index (κ3) is 2.28. The molecule has 2 aromatic carbocycles. The summed E-state index contributed by atoms with van der Waals surface area (Å²) in [5.74, 6) is 0.833. The summed E-state index contributed by atoms with van der Waals surface area (Å²) in [4.78, 5) is 7.91. The van der Waals surface area contributed by atoms with Crippen molar-refractivity contribution in [3.8, 4) is 0 Å². The topological polar surface area (TPSA) is 53.1 Å². The van der Waals surface area contributed by atoms with E-state index in [0.717, 1.165) is 34.0 Å². The lowest BCUT2D eigenvalue weighted by molar-refractivity contribution is 0.620. The van der Waals surface area contributed by atoms with Crippen LogP contribution in [0, 0.1) is 0 Å². The van der Waals surface area contributed by atoms with E-state index in [4.69, 9.17) is 11.6 Å². The van der Waals surface area contributed by atoms with E-state index >= 15 is 0 Å². The molecule has 1 aliphatic rings. The highest BCUT2D eigenvalue weighted by molar-refractivity contribution is 6.30. The summed E-state index contributed by atoms with van der Waals surface area (Å²) in [5.41, 5.74) is 7.29. The van der Waals surface area contributed by atoms with Gasteiger partial charge >= 0.3 is 0 Å². The fraction of sp³-hybridized carbons (Fsp3) is 0.125. The Morgan fingerprint density at radius 2 is 1.86 bits per heavy atom. The summed E-state index contributed by atoms with van der Waals surface area (Å²) >= 11 is 5.92. The first-order chi connectivity index (χ1) is 10.3. The third-order valence-corrected chi connectivity index (χ3v) is 3.94. The fourth-order valence-corrected chi connectivity index (χ4v) is 2.69. The highest BCUT2D eigenvalue weighted by atomic mass is 35.5. The molecule has 1 unspecified atom stereocenters. The maximum Gasteiger partial charge on any atom is 0.154 e. The number of hydrogen-bond acceptors (Lipinski definition) is 3. The molecule has 104 valence electrons. The van der Waals surface area contributed by atoms with Crippen LogP contribution in [-0.2, 0) is 0 Å². The van der Waals surface area contributed by atoms with E-state index in [-0.39, 0.29) is 6.04 Å². The highest BCUT2D eigenvalue weighted by Crippen LogP contribution is 2.25. The Morgan fingerprint density at radius 1 is 1.05 bits per heavy atom. The van der Waals surface area contributed by atoms with Gasteiger partial charge in [-0.3, -0.25) is 0 Å². The second kappa shape index (κ2) is 4.90. The maximum absolute atomic E-state index is 5.92. The normalized spacial score (nSPS) is 17.8. The quantitative estimate of drug-likeness (QED) is 0.758. The lowest BCUT2D eigenvalue weighted by Gasteiger charge is -2.09. The molecular weight excluding hydrogens is 284 g/mol. The zero-order valence-electron chi connectivity index (χ0n) is 11.2. The molecule has 0 bridgehead atoms. The minimum Gasteiger partial charge on any atom is -0.337 e. The van der Waals surface area contributed by atoms with Crippen molar-refractivity contribution >= 4 is 28.3 Å². The molecule has 0 saturated carbocycles. The molecule has 1 aliphatic heterocycles. The van der Waals surface area contributed by atoms with Crippen molar-refractivity contribution in [1.29, 1.82) is 0 Å². The first-order valence-electron chi connectivity index (χ1n) is 6.82. The Balaban J connectivity index is 1.59. The van der Waals surface area contributed by atoms with Gasteiger partial charge in [0, 0.05) is 11.4 Å². The van der Waals surface area contributed by atoms with Crippen LogP contribution in [0.1, 0.15) is 23.9 Å². The monoisotopic (exact) mass is 296 g/mol. The van der Waals surface area contributed by atoms with Crippen LogP contribution in [0.2, 0.25) is 5.02 Å². The van der Waals surface area contributed by atoms with Crippen LogP contribution in [0.4, 0.5) is 0 Å². The summed E-state index contributed by atoms with van der Waals surface area (Å²) in [5, 5.41) is 5.17. The lowest BCUT2D eigenvalue weighted by atomic mass is 10.0. The Kier molecular flexibility index (Phi) is 2.89. The Labute approximate surface area is 126 Å². The number of H-pyrrole nitrogens is 1. The van der Waals surface area contributed by atoms with E-state index in [1.54, 1.807) is 0 Å². The second-order valence-electron chi connectivity index (χ2n) is 5.10. The van der Waals surface area contributed by atoms with Gasteiger partial charge in [0.2, 0.25) is 0 Å². The molecule has 0 amide bonds. The number of hydrogen-bond donors (Lipinski definition) is 2. The first kappa shape index (κ1) is 12.4. The van der Waals surface area contributed by atoms with Crippen molar-refractivity contribution in [1.82, 2.24) is 15.4 Å². The number of benzene rings is 2. The summed E-state index contributed by atoms with van der Waals surface area (Å²) < 4.78 is 0. The molecule has 0 saturated heterocycles. The summed E-state index contributed by atoms with van der Waals surface area (Å²) in [6.07, 6.45) is 0.807. The van der Waals surface area contributed by atoms with Gasteiger partial charge in [-0.2, -0.15) is 5.10 Å². The molecule has 21 heavy (non-hydrogen) atoms. The smallest absolute Gasteiger partial charge is 0.154 e. The van der Waals surface area contributed by atoms with Crippen LogP contribution in [-0.4, -0.2) is 15.7 Å². The van der Waals surface area contributed by atoms with Crippen molar-refractivity contribution in [2.45, 2.75) is 12.5 Å². The number of hydrazone groups is 1. The SMILES string of the molecule is Clc1ccc(C2CC(c3nc4ccccc4[nH]3)=NN2)cc1. The number of imidazole rings is 1. The molecule has 0 spiro atoms. The lowest BCUT2D eigenvalue weighted by Crippen LogP contribution is -2.09. The number of rotatable bonds is 2. The van der Waals surface area contributed by atoms with Gasteiger partial charge in [-0.1, -0.05) is 35.9 Å². The maximum atomic E-state index is 5.92. The van der Waals surface area contributed by atoms with E-state index in [9.17, 15) is 0 Å². The Morgan fingerprint density at radius 3 is 2.67 bits per heavy atom. The van der Waals surface area contributed by atoms with Crippen molar-refractivity contribution < 1.29 is 0 Å². The number of halogens is 1. The van der Waals surface area contributed by atoms with Crippen LogP contribution in [0.15, 0.2) is 53.6 Å². The van der Waals surface area contributed by atoms with Crippen LogP contribution in [0.3, 0.4) is 0 Å². The molecule has 3 aromatic rings. The summed E-state index contributed by atoms with van der Waals surface area (Å²) in [7, 11) is 0. The van der Waals surface area contributed by atoms with E-state index < -0.39 is 0 Å². The number of aromatic amines is 1. The van der Waals surface area contributed by atoms with Crippen LogP contribution in [0.5, 0.6) is 0 Å². The second-order valence-corrected chi connectivity index (χ2v) is 5.53. The average molecular weight is 297 g/mol. The van der Waals surface area contributed by atoms with Gasteiger partial charge in [0.15, 0.2) is 5.82 Å². The predicted octanol–water partition coefficient (Wildman–Crippen LogP) is 3.66. The van der Waals surface area contributed by atoms with Gasteiger partial charge in [-0.15, -0.1) is 0 Å². The fourth-order valence-electron chi connectivity index (χ4n) is 2.57. The van der Waals surface area contributed by atoms with Crippen molar-refractivity contribution in [3.63, 3.8) is 0 Å². The number of nitrogens with one attached hydrogen (secondary N) is 2. The van der Waals surface area contributed by atoms with E-state index in [2.05, 4.69) is 20.5 Å². The van der Waals surface area contributed by atoms with E-state index in [1.807, 2.05) is 48.5 Å². The molecule has 0 radical (unpaired) electrons. The Hall–Kier alpha value is -2.33. The average Bonchev–Trinajstić information content (AvgIpc) is 3.14. The number of para-hydroxylation sites is 2. The number of aromatic nitrogens is 2. The molecule has 5 heteroatoms. The number of nitrogens with zero attached hydrogens (tertiary/aromatic N) is 2. The molecular formula is C16H13ClN4. The molecule has 4 nitrogen and oxygen atoms in total. The molecule has 1 atom stereocenters. The van der Waals surface area contributed by atoms with E-state index in [0.29, 0.717) is 0 Å². The first-order valence-corrected chi connectivity index (χ1v) is 7.20. The zero-order valence-corrected chi connectivity index (χ0v) is 11.9. The summed E-state index contributed by atoms with van der Waals surface area (Å²) in [6.45, 7) is 0. The number of fused-ring (bicyclic) bond motifs is 1. The largest absolute Gasteiger partial charge is 0.337 e. The predicted molar refractivity (Wildman–Crippen MR) is 84.6 cm³/mol. The van der Waals surface area contributed by atoms with Gasteiger partial charge in [0.1, 0.15) is 5.71 Å². The molecule has 0 fully saturated rings. The standard InChI is InChI=1S/C16H13ClN4/c17-11-7-5-10(6-8-11)14-9-15(21-20-14)16-18-12-3-1-2-4-13(12)19-16/h1-8,14,20H,9H2,(H,18,19). The Bertz CT molecular complexity index is 787. The minimum absolute atomic E-state index is 0.172. The van der Waals surface area contributed by atoms with Crippen molar-refractivity contribution in [2.75, 3.05) is 0 Å². The van der Waals surface area contributed by atoms with Crippen molar-refractivity contribution in [3.05, 3.63) is 64.9 Å². The van der Waals surface area contributed by atoms with E-state index in [1.165, 1.54) is 5.56 Å². The van der Waals surface area contributed by atoms with Crippen LogP contribution >= 0.6 is 11.6 Å².